The lowest BCUT2D eigenvalue weighted by Gasteiger charge is -2.44. The SMILES string of the molecule is CCN1CC2(COCCN(C(=O)C3CC(F)(F)C3)C2)OCC1=O. The Balaban J connectivity index is 1.69. The summed E-state index contributed by atoms with van der Waals surface area (Å²) in [4.78, 5) is 27.5. The van der Waals surface area contributed by atoms with Crippen LogP contribution in [0.2, 0.25) is 0 Å². The van der Waals surface area contributed by atoms with E-state index in [0.717, 1.165) is 0 Å². The zero-order valence-corrected chi connectivity index (χ0v) is 13.2. The maximum atomic E-state index is 13.0. The molecule has 23 heavy (non-hydrogen) atoms. The van der Waals surface area contributed by atoms with Crippen molar-refractivity contribution in [2.75, 3.05) is 46.0 Å². The van der Waals surface area contributed by atoms with Gasteiger partial charge in [0.15, 0.2) is 0 Å². The Morgan fingerprint density at radius 3 is 2.74 bits per heavy atom. The molecule has 2 saturated heterocycles. The summed E-state index contributed by atoms with van der Waals surface area (Å²) >= 11 is 0. The molecule has 0 radical (unpaired) electrons. The minimum Gasteiger partial charge on any atom is -0.376 e. The van der Waals surface area contributed by atoms with Crippen molar-refractivity contribution in [3.05, 3.63) is 0 Å². The molecule has 3 aliphatic rings. The third-order valence-electron chi connectivity index (χ3n) is 4.82. The standard InChI is InChI=1S/C15H22F2N2O4/c1-2-18-8-14(23-7-12(18)20)9-19(3-4-22-10-14)13(21)11-5-15(16,17)6-11/h11H,2-10H2,1H3. The number of likely N-dealkylation sites (N-methyl/N-ethyl adjacent to an activating group) is 1. The smallest absolute Gasteiger partial charge is 0.249 e. The van der Waals surface area contributed by atoms with Crippen molar-refractivity contribution < 1.29 is 27.8 Å². The van der Waals surface area contributed by atoms with Gasteiger partial charge in [0.2, 0.25) is 17.7 Å². The van der Waals surface area contributed by atoms with Gasteiger partial charge in [-0.1, -0.05) is 0 Å². The van der Waals surface area contributed by atoms with Crippen LogP contribution in [0.3, 0.4) is 0 Å². The molecule has 8 heteroatoms. The number of ether oxygens (including phenoxy) is 2. The molecule has 3 fully saturated rings. The third kappa shape index (κ3) is 3.33. The van der Waals surface area contributed by atoms with Crippen molar-refractivity contribution in [1.82, 2.24) is 9.80 Å². The van der Waals surface area contributed by atoms with Gasteiger partial charge in [-0.2, -0.15) is 0 Å². The van der Waals surface area contributed by atoms with Crippen molar-refractivity contribution in [2.24, 2.45) is 5.92 Å². The molecular weight excluding hydrogens is 310 g/mol. The molecule has 1 saturated carbocycles. The van der Waals surface area contributed by atoms with E-state index in [1.54, 1.807) is 9.80 Å². The Morgan fingerprint density at radius 1 is 1.35 bits per heavy atom. The number of alkyl halides is 2. The Hall–Kier alpha value is -1.28. The topological polar surface area (TPSA) is 59.1 Å². The molecular formula is C15H22F2N2O4. The largest absolute Gasteiger partial charge is 0.376 e. The molecule has 1 unspecified atom stereocenters. The van der Waals surface area contributed by atoms with Crippen LogP contribution < -0.4 is 0 Å². The summed E-state index contributed by atoms with van der Waals surface area (Å²) in [5.41, 5.74) is -0.762. The van der Waals surface area contributed by atoms with Crippen molar-refractivity contribution >= 4 is 11.8 Å². The van der Waals surface area contributed by atoms with Crippen molar-refractivity contribution in [3.63, 3.8) is 0 Å². The minimum absolute atomic E-state index is 0.0409. The van der Waals surface area contributed by atoms with Gasteiger partial charge in [-0.15, -0.1) is 0 Å². The maximum Gasteiger partial charge on any atom is 0.249 e. The van der Waals surface area contributed by atoms with E-state index in [9.17, 15) is 18.4 Å². The predicted molar refractivity (Wildman–Crippen MR) is 76.0 cm³/mol. The average Bonchev–Trinajstić information content (AvgIpc) is 2.69. The van der Waals surface area contributed by atoms with Gasteiger partial charge in [-0.05, 0) is 6.92 Å². The first-order valence-corrected chi connectivity index (χ1v) is 8.00. The lowest BCUT2D eigenvalue weighted by molar-refractivity contribution is -0.177. The molecule has 3 rings (SSSR count). The van der Waals surface area contributed by atoms with Crippen LogP contribution in [0.15, 0.2) is 0 Å². The van der Waals surface area contributed by atoms with Gasteiger partial charge in [0.05, 0.1) is 26.3 Å². The van der Waals surface area contributed by atoms with Crippen molar-refractivity contribution in [3.8, 4) is 0 Å². The van der Waals surface area contributed by atoms with Gasteiger partial charge in [-0.25, -0.2) is 8.78 Å². The average molecular weight is 332 g/mol. The lowest BCUT2D eigenvalue weighted by Crippen LogP contribution is -2.61. The number of nitrogens with zero attached hydrogens (tertiary/aromatic N) is 2. The van der Waals surface area contributed by atoms with Crippen LogP contribution in [0.4, 0.5) is 8.78 Å². The van der Waals surface area contributed by atoms with E-state index in [2.05, 4.69) is 0 Å². The Kier molecular flexibility index (Phi) is 4.31. The normalized spacial score (nSPS) is 31.9. The monoisotopic (exact) mass is 332 g/mol. The van der Waals surface area contributed by atoms with Crippen molar-refractivity contribution in [2.45, 2.75) is 31.3 Å². The number of rotatable bonds is 2. The van der Waals surface area contributed by atoms with Crippen LogP contribution >= 0.6 is 0 Å². The third-order valence-corrected chi connectivity index (χ3v) is 4.82. The molecule has 1 spiro atoms. The summed E-state index contributed by atoms with van der Waals surface area (Å²) in [6.07, 6.45) is -0.757. The van der Waals surface area contributed by atoms with Crippen LogP contribution in [-0.4, -0.2) is 79.1 Å². The van der Waals surface area contributed by atoms with E-state index < -0.39 is 17.4 Å². The minimum atomic E-state index is -2.72. The van der Waals surface area contributed by atoms with Crippen LogP contribution in [0, 0.1) is 5.92 Å². The number of carbonyl (C=O) groups excluding carboxylic acids is 2. The van der Waals surface area contributed by atoms with E-state index in [0.29, 0.717) is 32.8 Å². The number of halogens is 2. The molecule has 0 bridgehead atoms. The molecule has 0 aromatic rings. The first-order valence-electron chi connectivity index (χ1n) is 8.00. The predicted octanol–water partition coefficient (Wildman–Crippen LogP) is 0.508. The number of morpholine rings is 1. The first-order chi connectivity index (χ1) is 10.8. The van der Waals surface area contributed by atoms with E-state index in [4.69, 9.17) is 9.47 Å². The molecule has 0 aromatic carbocycles. The molecule has 2 aliphatic heterocycles. The molecule has 2 amide bonds. The van der Waals surface area contributed by atoms with E-state index in [1.807, 2.05) is 6.92 Å². The van der Waals surface area contributed by atoms with Crippen molar-refractivity contribution in [1.29, 1.82) is 0 Å². The summed E-state index contributed by atoms with van der Waals surface area (Å²) < 4.78 is 37.3. The first kappa shape index (κ1) is 16.6. The Morgan fingerprint density at radius 2 is 2.09 bits per heavy atom. The number of hydrogen-bond acceptors (Lipinski definition) is 4. The highest BCUT2D eigenvalue weighted by Gasteiger charge is 2.51. The zero-order chi connectivity index (χ0) is 16.7. The van der Waals surface area contributed by atoms with Gasteiger partial charge in [0.25, 0.3) is 0 Å². The molecule has 130 valence electrons. The second-order valence-corrected chi connectivity index (χ2v) is 6.65. The Bertz CT molecular complexity index is 494. The summed E-state index contributed by atoms with van der Waals surface area (Å²) in [6.45, 7) is 4.04. The van der Waals surface area contributed by atoms with Crippen LogP contribution in [-0.2, 0) is 19.1 Å². The molecule has 0 aromatic heterocycles. The van der Waals surface area contributed by atoms with Crippen LogP contribution in [0.5, 0.6) is 0 Å². The van der Waals surface area contributed by atoms with E-state index in [1.165, 1.54) is 0 Å². The van der Waals surface area contributed by atoms with Gasteiger partial charge in [0, 0.05) is 31.8 Å². The fourth-order valence-electron chi connectivity index (χ4n) is 3.45. The quantitative estimate of drug-likeness (QED) is 0.739. The fraction of sp³-hybridized carbons (Fsp3) is 0.867. The Labute approximate surface area is 133 Å². The number of carbonyl (C=O) groups is 2. The highest BCUT2D eigenvalue weighted by molar-refractivity contribution is 5.80. The maximum absolute atomic E-state index is 13.0. The van der Waals surface area contributed by atoms with Gasteiger partial charge >= 0.3 is 0 Å². The summed E-state index contributed by atoms with van der Waals surface area (Å²) in [6, 6.07) is 0. The second-order valence-electron chi connectivity index (χ2n) is 6.65. The number of amides is 2. The summed E-state index contributed by atoms with van der Waals surface area (Å²) in [5, 5.41) is 0. The summed E-state index contributed by atoms with van der Waals surface area (Å²) in [5.74, 6) is -3.68. The highest BCUT2D eigenvalue weighted by atomic mass is 19.3. The molecule has 1 aliphatic carbocycles. The molecule has 2 heterocycles. The van der Waals surface area contributed by atoms with Gasteiger partial charge in [-0.3, -0.25) is 9.59 Å². The van der Waals surface area contributed by atoms with Crippen LogP contribution in [0.25, 0.3) is 0 Å². The second kappa shape index (κ2) is 5.98. The molecule has 1 atom stereocenters. The highest BCUT2D eigenvalue weighted by Crippen LogP contribution is 2.43. The zero-order valence-electron chi connectivity index (χ0n) is 13.2. The van der Waals surface area contributed by atoms with Gasteiger partial charge in [0.1, 0.15) is 12.2 Å². The summed E-state index contributed by atoms with van der Waals surface area (Å²) in [7, 11) is 0. The van der Waals surface area contributed by atoms with Gasteiger partial charge < -0.3 is 19.3 Å². The fourth-order valence-corrected chi connectivity index (χ4v) is 3.45. The van der Waals surface area contributed by atoms with Crippen LogP contribution in [0.1, 0.15) is 19.8 Å². The number of hydrogen-bond donors (Lipinski definition) is 0. The molecule has 0 N–H and O–H groups in total. The molecule has 6 nitrogen and oxygen atoms in total. The lowest BCUT2D eigenvalue weighted by atomic mass is 9.80. The van der Waals surface area contributed by atoms with E-state index >= 15 is 0 Å². The van der Waals surface area contributed by atoms with E-state index in [-0.39, 0.29) is 37.8 Å².